The molecule has 0 aliphatic carbocycles. The van der Waals surface area contributed by atoms with Gasteiger partial charge < -0.3 is 5.11 Å². The van der Waals surface area contributed by atoms with Gasteiger partial charge in [-0.05, 0) is 42.9 Å². The molecular weight excluding hydrogens is 422 g/mol. The van der Waals surface area contributed by atoms with E-state index in [0.717, 1.165) is 37.7 Å². The fourth-order valence-electron chi connectivity index (χ4n) is 4.22. The lowest BCUT2D eigenvalue weighted by Gasteiger charge is -2.13. The molecule has 0 aromatic heterocycles. The molecule has 0 aliphatic rings. The summed E-state index contributed by atoms with van der Waals surface area (Å²) in [5.74, 6) is 4.77. The number of nitrogens with two attached hydrogens (primary N) is 1. The number of hydrogen-bond donors (Lipinski definition) is 2. The molecule has 0 bridgehead atoms. The summed E-state index contributed by atoms with van der Waals surface area (Å²) in [6.07, 6.45) is 20.9. The molecule has 1 aromatic rings. The van der Waals surface area contributed by atoms with Crippen molar-refractivity contribution in [2.24, 2.45) is 5.90 Å². The molecule has 0 radical (unpaired) electrons. The van der Waals surface area contributed by atoms with Crippen LogP contribution in [0.25, 0.3) is 0 Å². The summed E-state index contributed by atoms with van der Waals surface area (Å²) in [6, 6.07) is 3.48. The van der Waals surface area contributed by atoms with Gasteiger partial charge in [-0.1, -0.05) is 110 Å². The molecule has 0 fully saturated rings. The first-order chi connectivity index (χ1) is 15.5. The highest BCUT2D eigenvalue weighted by Gasteiger charge is 2.22. The van der Waals surface area contributed by atoms with Crippen LogP contribution >= 0.6 is 0 Å². The summed E-state index contributed by atoms with van der Waals surface area (Å²) in [5, 5.41) is 10.6. The van der Waals surface area contributed by atoms with Crippen molar-refractivity contribution in [2.75, 3.05) is 0 Å². The third kappa shape index (κ3) is 11.7. The molecule has 0 saturated heterocycles. The van der Waals surface area contributed by atoms with Crippen LogP contribution in [0.15, 0.2) is 17.0 Å². The van der Waals surface area contributed by atoms with Gasteiger partial charge in [0.2, 0.25) is 0 Å². The molecule has 3 N–H and O–H groups in total. The zero-order valence-electron chi connectivity index (χ0n) is 20.5. The third-order valence-electron chi connectivity index (χ3n) is 6.23. The van der Waals surface area contributed by atoms with Gasteiger partial charge >= 0.3 is 10.1 Å². The largest absolute Gasteiger partial charge is 0.506 e. The van der Waals surface area contributed by atoms with Gasteiger partial charge in [-0.2, -0.15) is 18.6 Å². The smallest absolute Gasteiger partial charge is 0.316 e. The molecule has 1 rings (SSSR count). The van der Waals surface area contributed by atoms with Crippen molar-refractivity contribution >= 4 is 10.1 Å². The van der Waals surface area contributed by atoms with Crippen molar-refractivity contribution in [3.05, 3.63) is 23.3 Å². The lowest BCUT2D eigenvalue weighted by atomic mass is 9.99. The van der Waals surface area contributed by atoms with Crippen LogP contribution in [0.5, 0.6) is 5.75 Å². The van der Waals surface area contributed by atoms with E-state index in [2.05, 4.69) is 18.1 Å². The molecule has 5 nitrogen and oxygen atoms in total. The van der Waals surface area contributed by atoms with Crippen LogP contribution in [0.4, 0.5) is 0 Å². The van der Waals surface area contributed by atoms with Gasteiger partial charge in [-0.15, -0.1) is 0 Å². The van der Waals surface area contributed by atoms with E-state index in [4.69, 9.17) is 5.90 Å². The first kappa shape index (κ1) is 28.9. The molecule has 1 aromatic carbocycles. The van der Waals surface area contributed by atoms with E-state index in [9.17, 15) is 13.5 Å². The van der Waals surface area contributed by atoms with Crippen LogP contribution in [0, 0.1) is 0 Å². The molecule has 0 saturated carbocycles. The summed E-state index contributed by atoms with van der Waals surface area (Å²) in [5.41, 5.74) is 1.61. The maximum atomic E-state index is 12.2. The lowest BCUT2D eigenvalue weighted by Crippen LogP contribution is -2.12. The topological polar surface area (TPSA) is 89.6 Å². The number of phenolic OH excluding ortho intramolecular Hbond substituents is 1. The fourth-order valence-corrected chi connectivity index (χ4v) is 4.99. The Labute approximate surface area is 197 Å². The van der Waals surface area contributed by atoms with E-state index in [1.807, 2.05) is 6.07 Å². The number of hydrogen-bond acceptors (Lipinski definition) is 5. The Morgan fingerprint density at radius 1 is 0.719 bits per heavy atom. The van der Waals surface area contributed by atoms with Gasteiger partial charge in [-0.25, -0.2) is 0 Å². The summed E-state index contributed by atoms with van der Waals surface area (Å²) >= 11 is 0. The number of phenols is 1. The zero-order valence-corrected chi connectivity index (χ0v) is 21.4. The normalized spacial score (nSPS) is 11.8. The Bertz CT molecular complexity index is 719. The van der Waals surface area contributed by atoms with E-state index >= 15 is 0 Å². The highest BCUT2D eigenvalue weighted by molar-refractivity contribution is 7.86. The second kappa shape index (κ2) is 17.4. The second-order valence-electron chi connectivity index (χ2n) is 9.10. The minimum atomic E-state index is -4.14. The first-order valence-corrected chi connectivity index (χ1v) is 14.3. The quantitative estimate of drug-likeness (QED) is 0.154. The molecule has 0 aliphatic heterocycles. The van der Waals surface area contributed by atoms with Gasteiger partial charge in [0.15, 0.2) is 0 Å². The van der Waals surface area contributed by atoms with Crippen LogP contribution < -0.4 is 5.90 Å². The van der Waals surface area contributed by atoms with Crippen LogP contribution in [0.1, 0.15) is 128 Å². The standard InChI is InChI=1S/C26H47NO4S/c1-3-5-7-9-11-12-13-14-16-18-20-24-21-23(19-17-15-10-8-6-4-2)22-25(26(24)28)32(29,30)31-27/h21-22,28H,3-20,27H2,1-2H3. The van der Waals surface area contributed by atoms with Gasteiger partial charge in [0, 0.05) is 0 Å². The Balaban J connectivity index is 2.57. The van der Waals surface area contributed by atoms with E-state index in [-0.39, 0.29) is 10.6 Å². The molecule has 6 heteroatoms. The highest BCUT2D eigenvalue weighted by atomic mass is 32.2. The van der Waals surface area contributed by atoms with Gasteiger partial charge in [0.1, 0.15) is 10.6 Å². The van der Waals surface area contributed by atoms with Crippen molar-refractivity contribution in [3.63, 3.8) is 0 Å². The third-order valence-corrected chi connectivity index (χ3v) is 7.33. The number of rotatable bonds is 20. The van der Waals surface area contributed by atoms with E-state index in [0.29, 0.717) is 12.0 Å². The van der Waals surface area contributed by atoms with Crippen molar-refractivity contribution in [1.29, 1.82) is 0 Å². The van der Waals surface area contributed by atoms with Crippen molar-refractivity contribution < 1.29 is 17.8 Å². The maximum Gasteiger partial charge on any atom is 0.316 e. The van der Waals surface area contributed by atoms with Crippen molar-refractivity contribution in [2.45, 2.75) is 134 Å². The van der Waals surface area contributed by atoms with Crippen molar-refractivity contribution in [3.8, 4) is 5.75 Å². The minimum absolute atomic E-state index is 0.203. The van der Waals surface area contributed by atoms with Crippen molar-refractivity contribution in [1.82, 2.24) is 0 Å². The number of aromatic hydroxyl groups is 1. The summed E-state index contributed by atoms with van der Waals surface area (Å²) in [6.45, 7) is 4.44. The first-order valence-electron chi connectivity index (χ1n) is 12.9. The zero-order chi connectivity index (χ0) is 23.7. The van der Waals surface area contributed by atoms with E-state index in [1.165, 1.54) is 83.1 Å². The van der Waals surface area contributed by atoms with Crippen LogP contribution in [0.3, 0.4) is 0 Å². The lowest BCUT2D eigenvalue weighted by molar-refractivity contribution is 0.329. The Kier molecular flexibility index (Phi) is 15.7. The fraction of sp³-hybridized carbons (Fsp3) is 0.769. The van der Waals surface area contributed by atoms with Gasteiger partial charge in [0.25, 0.3) is 0 Å². The molecule has 0 atom stereocenters. The molecular formula is C26H47NO4S. The summed E-state index contributed by atoms with van der Waals surface area (Å²) < 4.78 is 28.6. The monoisotopic (exact) mass is 469 g/mol. The SMILES string of the molecule is CCCCCCCCCCCCc1cc(CCCCCCCC)cc(S(=O)(=O)ON)c1O. The number of aryl methyl sites for hydroxylation is 2. The molecule has 32 heavy (non-hydrogen) atoms. The Morgan fingerprint density at radius 2 is 1.16 bits per heavy atom. The van der Waals surface area contributed by atoms with Crippen LogP contribution in [-0.4, -0.2) is 13.5 Å². The van der Waals surface area contributed by atoms with Gasteiger partial charge in [0.05, 0.1) is 0 Å². The average Bonchev–Trinajstić information content (AvgIpc) is 2.78. The predicted octanol–water partition coefficient (Wildman–Crippen LogP) is 7.34. The van der Waals surface area contributed by atoms with E-state index < -0.39 is 10.1 Å². The predicted molar refractivity (Wildman–Crippen MR) is 133 cm³/mol. The second-order valence-corrected chi connectivity index (χ2v) is 10.6. The molecule has 0 spiro atoms. The van der Waals surface area contributed by atoms with Crippen LogP contribution in [0.2, 0.25) is 0 Å². The molecule has 0 heterocycles. The average molecular weight is 470 g/mol. The highest BCUT2D eigenvalue weighted by Crippen LogP contribution is 2.31. The van der Waals surface area contributed by atoms with Crippen LogP contribution in [-0.2, 0) is 27.2 Å². The molecule has 0 unspecified atom stereocenters. The van der Waals surface area contributed by atoms with Gasteiger partial charge in [-0.3, -0.25) is 0 Å². The summed E-state index contributed by atoms with van der Waals surface area (Å²) in [7, 11) is -4.14. The Hall–Kier alpha value is -1.11. The Morgan fingerprint density at radius 3 is 1.62 bits per heavy atom. The van der Waals surface area contributed by atoms with E-state index in [1.54, 1.807) is 0 Å². The molecule has 0 amide bonds. The minimum Gasteiger partial charge on any atom is -0.506 e. The number of benzene rings is 1. The maximum absolute atomic E-state index is 12.2. The molecule has 186 valence electrons. The number of unbranched alkanes of at least 4 members (excludes halogenated alkanes) is 14. The summed E-state index contributed by atoms with van der Waals surface area (Å²) in [4.78, 5) is -0.203.